The number of nitrogens with zero attached hydrogens (tertiary/aromatic N) is 1. The third-order valence-corrected chi connectivity index (χ3v) is 4.30. The lowest BCUT2D eigenvalue weighted by molar-refractivity contribution is -0.116. The molecular weight excluding hydrogens is 387 g/mol. The lowest BCUT2D eigenvalue weighted by atomic mass is 10.2. The van der Waals surface area contributed by atoms with E-state index in [9.17, 15) is 9.18 Å². The molecule has 0 saturated carbocycles. The molecule has 1 amide bonds. The Balaban J connectivity index is 1.64. The number of rotatable bonds is 7. The largest absolute Gasteiger partial charge is 0.495 e. The number of halogens is 2. The van der Waals surface area contributed by atoms with Crippen molar-refractivity contribution in [2.45, 2.75) is 12.8 Å². The van der Waals surface area contributed by atoms with Crippen LogP contribution in [0.15, 0.2) is 47.0 Å². The second-order valence-electron chi connectivity index (χ2n) is 5.83. The standard InChI is InChI=1S/C20H18ClFN2O4/c1-26-16-10-17(27-2)15(9-13(16)21)24-19(25)7-8-20-23-11-18(28-20)12-5-3-4-6-14(12)22/h3-6,9-11H,7-8H2,1-2H3,(H,24,25). The Morgan fingerprint density at radius 3 is 2.68 bits per heavy atom. The van der Waals surface area contributed by atoms with Gasteiger partial charge in [0.05, 0.1) is 36.7 Å². The number of hydrogen-bond acceptors (Lipinski definition) is 5. The highest BCUT2D eigenvalue weighted by Crippen LogP contribution is 2.36. The molecule has 0 unspecified atom stereocenters. The first kappa shape index (κ1) is 19.7. The number of carbonyl (C=O) groups is 1. The predicted molar refractivity (Wildman–Crippen MR) is 103 cm³/mol. The maximum atomic E-state index is 13.8. The number of oxazole rings is 1. The molecule has 0 aliphatic heterocycles. The van der Waals surface area contributed by atoms with Crippen LogP contribution in [0.5, 0.6) is 11.5 Å². The van der Waals surface area contributed by atoms with Gasteiger partial charge in [0.25, 0.3) is 0 Å². The Kier molecular flexibility index (Phi) is 6.16. The van der Waals surface area contributed by atoms with E-state index >= 15 is 0 Å². The van der Waals surface area contributed by atoms with E-state index in [-0.39, 0.29) is 18.7 Å². The molecule has 3 aromatic rings. The number of anilines is 1. The zero-order valence-electron chi connectivity index (χ0n) is 15.3. The number of aromatic nitrogens is 1. The summed E-state index contributed by atoms with van der Waals surface area (Å²) in [6.07, 6.45) is 1.81. The highest BCUT2D eigenvalue weighted by molar-refractivity contribution is 6.32. The van der Waals surface area contributed by atoms with Crippen molar-refractivity contribution in [3.8, 4) is 22.8 Å². The molecule has 1 aromatic heterocycles. The number of nitrogens with one attached hydrogen (secondary N) is 1. The van der Waals surface area contributed by atoms with Crippen LogP contribution in [0.25, 0.3) is 11.3 Å². The number of amides is 1. The minimum atomic E-state index is -0.397. The highest BCUT2D eigenvalue weighted by Gasteiger charge is 2.15. The minimum Gasteiger partial charge on any atom is -0.495 e. The lowest BCUT2D eigenvalue weighted by Crippen LogP contribution is -2.13. The van der Waals surface area contributed by atoms with Crippen LogP contribution in [0.2, 0.25) is 5.02 Å². The smallest absolute Gasteiger partial charge is 0.224 e. The van der Waals surface area contributed by atoms with Crippen LogP contribution in [0.1, 0.15) is 12.3 Å². The van der Waals surface area contributed by atoms with Crippen molar-refractivity contribution in [1.29, 1.82) is 0 Å². The van der Waals surface area contributed by atoms with Gasteiger partial charge in [0, 0.05) is 18.9 Å². The topological polar surface area (TPSA) is 73.6 Å². The van der Waals surface area contributed by atoms with Crippen LogP contribution < -0.4 is 14.8 Å². The third-order valence-electron chi connectivity index (χ3n) is 4.01. The van der Waals surface area contributed by atoms with Gasteiger partial charge in [-0.3, -0.25) is 4.79 Å². The van der Waals surface area contributed by atoms with E-state index in [0.717, 1.165) is 0 Å². The van der Waals surface area contributed by atoms with Crippen molar-refractivity contribution in [2.24, 2.45) is 0 Å². The fourth-order valence-electron chi connectivity index (χ4n) is 2.60. The predicted octanol–water partition coefficient (Wildman–Crippen LogP) is 4.72. The van der Waals surface area contributed by atoms with Gasteiger partial charge < -0.3 is 19.2 Å². The number of aryl methyl sites for hydroxylation is 1. The Morgan fingerprint density at radius 2 is 1.96 bits per heavy atom. The molecule has 0 atom stereocenters. The summed E-state index contributed by atoms with van der Waals surface area (Å²) < 4.78 is 29.7. The van der Waals surface area contributed by atoms with Gasteiger partial charge in [0.2, 0.25) is 5.91 Å². The number of methoxy groups -OCH3 is 2. The van der Waals surface area contributed by atoms with Crippen molar-refractivity contribution >= 4 is 23.2 Å². The Hall–Kier alpha value is -3.06. The summed E-state index contributed by atoms with van der Waals surface area (Å²) in [7, 11) is 2.97. The normalized spacial score (nSPS) is 10.6. The van der Waals surface area contributed by atoms with Crippen LogP contribution >= 0.6 is 11.6 Å². The number of hydrogen-bond donors (Lipinski definition) is 1. The molecule has 0 aliphatic rings. The second kappa shape index (κ2) is 8.75. The van der Waals surface area contributed by atoms with Crippen LogP contribution in [-0.2, 0) is 11.2 Å². The van der Waals surface area contributed by atoms with Gasteiger partial charge in [0.1, 0.15) is 17.3 Å². The van der Waals surface area contributed by atoms with Gasteiger partial charge in [-0.25, -0.2) is 9.37 Å². The molecule has 6 nitrogen and oxygen atoms in total. The van der Waals surface area contributed by atoms with Gasteiger partial charge in [-0.2, -0.15) is 0 Å². The van der Waals surface area contributed by atoms with Crippen LogP contribution in [0.4, 0.5) is 10.1 Å². The van der Waals surface area contributed by atoms with E-state index in [1.807, 2.05) is 0 Å². The fourth-order valence-corrected chi connectivity index (χ4v) is 2.84. The first-order chi connectivity index (χ1) is 13.5. The van der Waals surface area contributed by atoms with E-state index in [0.29, 0.717) is 39.4 Å². The van der Waals surface area contributed by atoms with Crippen molar-refractivity contribution in [1.82, 2.24) is 4.98 Å². The van der Waals surface area contributed by atoms with Crippen LogP contribution in [0.3, 0.4) is 0 Å². The van der Waals surface area contributed by atoms with Crippen LogP contribution in [0, 0.1) is 5.82 Å². The van der Waals surface area contributed by atoms with Gasteiger partial charge in [0.15, 0.2) is 11.7 Å². The van der Waals surface area contributed by atoms with Gasteiger partial charge in [-0.05, 0) is 18.2 Å². The first-order valence-corrected chi connectivity index (χ1v) is 8.80. The summed E-state index contributed by atoms with van der Waals surface area (Å²) in [4.78, 5) is 16.4. The quantitative estimate of drug-likeness (QED) is 0.616. The first-order valence-electron chi connectivity index (χ1n) is 8.42. The molecule has 0 bridgehead atoms. The highest BCUT2D eigenvalue weighted by atomic mass is 35.5. The number of benzene rings is 2. The summed E-state index contributed by atoms with van der Waals surface area (Å²) in [6, 6.07) is 9.40. The monoisotopic (exact) mass is 404 g/mol. The average molecular weight is 405 g/mol. The van der Waals surface area contributed by atoms with E-state index < -0.39 is 5.82 Å². The van der Waals surface area contributed by atoms with E-state index in [1.54, 1.807) is 30.3 Å². The van der Waals surface area contributed by atoms with Crippen molar-refractivity contribution < 1.29 is 23.1 Å². The summed E-state index contributed by atoms with van der Waals surface area (Å²) >= 11 is 6.10. The molecule has 0 radical (unpaired) electrons. The zero-order chi connectivity index (χ0) is 20.1. The fraction of sp³-hybridized carbons (Fsp3) is 0.200. The molecule has 0 saturated heterocycles. The molecule has 8 heteroatoms. The molecule has 2 aromatic carbocycles. The van der Waals surface area contributed by atoms with E-state index in [1.165, 1.54) is 26.5 Å². The molecular formula is C20H18ClFN2O4. The SMILES string of the molecule is COc1cc(OC)c(NC(=O)CCc2ncc(-c3ccccc3F)o2)cc1Cl. The lowest BCUT2D eigenvalue weighted by Gasteiger charge is -2.12. The molecule has 1 N–H and O–H groups in total. The molecule has 1 heterocycles. The molecule has 0 aliphatic carbocycles. The average Bonchev–Trinajstić information content (AvgIpc) is 3.16. The van der Waals surface area contributed by atoms with Gasteiger partial charge in [-0.15, -0.1) is 0 Å². The molecule has 0 spiro atoms. The second-order valence-corrected chi connectivity index (χ2v) is 6.24. The number of ether oxygens (including phenoxy) is 2. The molecule has 0 fully saturated rings. The van der Waals surface area contributed by atoms with E-state index in [4.69, 9.17) is 25.5 Å². The number of carbonyl (C=O) groups excluding carboxylic acids is 1. The Bertz CT molecular complexity index is 990. The summed E-state index contributed by atoms with van der Waals surface area (Å²) in [6.45, 7) is 0. The van der Waals surface area contributed by atoms with Gasteiger partial charge in [-0.1, -0.05) is 23.7 Å². The van der Waals surface area contributed by atoms with Gasteiger partial charge >= 0.3 is 0 Å². The maximum Gasteiger partial charge on any atom is 0.224 e. The molecule has 146 valence electrons. The minimum absolute atomic E-state index is 0.115. The summed E-state index contributed by atoms with van der Waals surface area (Å²) in [5.41, 5.74) is 0.751. The zero-order valence-corrected chi connectivity index (χ0v) is 16.0. The summed E-state index contributed by atoms with van der Waals surface area (Å²) in [5.74, 6) is 0.853. The van der Waals surface area contributed by atoms with Crippen LogP contribution in [-0.4, -0.2) is 25.1 Å². The van der Waals surface area contributed by atoms with Crippen molar-refractivity contribution in [3.63, 3.8) is 0 Å². The molecule has 3 rings (SSSR count). The summed E-state index contributed by atoms with van der Waals surface area (Å²) in [5, 5.41) is 3.09. The van der Waals surface area contributed by atoms with Crippen molar-refractivity contribution in [3.05, 3.63) is 59.3 Å². The third kappa shape index (κ3) is 4.43. The Morgan fingerprint density at radius 1 is 1.21 bits per heavy atom. The Labute approximate surface area is 166 Å². The van der Waals surface area contributed by atoms with E-state index in [2.05, 4.69) is 10.3 Å². The molecule has 28 heavy (non-hydrogen) atoms. The maximum absolute atomic E-state index is 13.8. The van der Waals surface area contributed by atoms with Crippen molar-refractivity contribution in [2.75, 3.05) is 19.5 Å².